The van der Waals surface area contributed by atoms with Gasteiger partial charge in [0, 0.05) is 37.5 Å². The van der Waals surface area contributed by atoms with Crippen molar-refractivity contribution in [2.24, 2.45) is 4.99 Å². The van der Waals surface area contributed by atoms with E-state index in [4.69, 9.17) is 14.1 Å². The van der Waals surface area contributed by atoms with Crippen LogP contribution in [0.3, 0.4) is 0 Å². The number of rotatable bonds is 8. The van der Waals surface area contributed by atoms with Crippen molar-refractivity contribution in [1.82, 2.24) is 20.5 Å². The van der Waals surface area contributed by atoms with E-state index >= 15 is 0 Å². The van der Waals surface area contributed by atoms with E-state index in [1.54, 1.807) is 11.3 Å². The van der Waals surface area contributed by atoms with Gasteiger partial charge in [0.05, 0.1) is 36.5 Å². The molecule has 2 N–H and O–H groups in total. The second-order valence-corrected chi connectivity index (χ2v) is 8.55. The molecule has 168 valence electrons. The number of furan rings is 1. The number of hydrogen-bond donors (Lipinski definition) is 2. The standard InChI is InChI=1S/C21H33N5O2S.HI/c1-5-22-21(23-9-8-20-25-16(3)17(4)29-20)24-14-18(19-7-6-15(2)28-19)26-10-12-27-13-11-26;/h6-7,18H,5,8-14H2,1-4H3,(H2,22,23,24);1H. The second-order valence-electron chi connectivity index (χ2n) is 7.26. The van der Waals surface area contributed by atoms with E-state index < -0.39 is 0 Å². The van der Waals surface area contributed by atoms with Gasteiger partial charge >= 0.3 is 0 Å². The molecule has 3 heterocycles. The van der Waals surface area contributed by atoms with Crippen molar-refractivity contribution in [3.05, 3.63) is 39.2 Å². The smallest absolute Gasteiger partial charge is 0.191 e. The minimum absolute atomic E-state index is 0. The van der Waals surface area contributed by atoms with Gasteiger partial charge in [-0.1, -0.05) is 0 Å². The number of aryl methyl sites for hydroxylation is 3. The maximum Gasteiger partial charge on any atom is 0.191 e. The first-order valence-electron chi connectivity index (χ1n) is 10.4. The van der Waals surface area contributed by atoms with Crippen LogP contribution in [0.4, 0.5) is 0 Å². The summed E-state index contributed by atoms with van der Waals surface area (Å²) in [6.07, 6.45) is 0.897. The number of guanidine groups is 1. The number of aromatic nitrogens is 1. The molecule has 3 rings (SSSR count). The van der Waals surface area contributed by atoms with Gasteiger partial charge in [-0.3, -0.25) is 9.89 Å². The third-order valence-electron chi connectivity index (χ3n) is 5.05. The zero-order chi connectivity index (χ0) is 20.6. The van der Waals surface area contributed by atoms with Crippen molar-refractivity contribution >= 4 is 41.3 Å². The van der Waals surface area contributed by atoms with Crippen LogP contribution in [-0.2, 0) is 11.2 Å². The summed E-state index contributed by atoms with van der Waals surface area (Å²) < 4.78 is 11.5. The van der Waals surface area contributed by atoms with Crippen molar-refractivity contribution in [1.29, 1.82) is 0 Å². The molecule has 1 atom stereocenters. The molecule has 1 fully saturated rings. The van der Waals surface area contributed by atoms with Gasteiger partial charge < -0.3 is 19.8 Å². The molecule has 7 nitrogen and oxygen atoms in total. The maximum absolute atomic E-state index is 5.94. The van der Waals surface area contributed by atoms with Crippen LogP contribution in [0.15, 0.2) is 21.5 Å². The highest BCUT2D eigenvalue weighted by molar-refractivity contribution is 14.0. The molecular weight excluding hydrogens is 513 g/mol. The van der Waals surface area contributed by atoms with E-state index in [-0.39, 0.29) is 30.0 Å². The SMILES string of the molecule is CCNC(=NCC(c1ccc(C)o1)N1CCOCC1)NCCc1nc(C)c(C)s1.I. The minimum Gasteiger partial charge on any atom is -0.465 e. The quantitative estimate of drug-likeness (QED) is 0.300. The highest BCUT2D eigenvalue weighted by atomic mass is 127. The average Bonchev–Trinajstić information content (AvgIpc) is 3.28. The lowest BCUT2D eigenvalue weighted by Crippen LogP contribution is -2.42. The molecule has 0 spiro atoms. The van der Waals surface area contributed by atoms with Gasteiger partial charge in [-0.05, 0) is 39.8 Å². The summed E-state index contributed by atoms with van der Waals surface area (Å²) in [7, 11) is 0. The summed E-state index contributed by atoms with van der Waals surface area (Å²) >= 11 is 1.77. The molecule has 0 amide bonds. The monoisotopic (exact) mass is 547 g/mol. The largest absolute Gasteiger partial charge is 0.465 e. The fourth-order valence-corrected chi connectivity index (χ4v) is 4.29. The van der Waals surface area contributed by atoms with Crippen LogP contribution in [0.25, 0.3) is 0 Å². The van der Waals surface area contributed by atoms with Crippen molar-refractivity contribution in [2.75, 3.05) is 45.9 Å². The number of nitrogens with one attached hydrogen (secondary N) is 2. The number of nitrogens with zero attached hydrogens (tertiary/aromatic N) is 3. The van der Waals surface area contributed by atoms with E-state index in [0.29, 0.717) is 6.54 Å². The Hall–Kier alpha value is -1.17. The number of hydrogen-bond acceptors (Lipinski definition) is 6. The fraction of sp³-hybridized carbons (Fsp3) is 0.619. The van der Waals surface area contributed by atoms with Crippen molar-refractivity contribution < 1.29 is 9.15 Å². The molecule has 0 aromatic carbocycles. The van der Waals surface area contributed by atoms with E-state index in [2.05, 4.69) is 47.4 Å². The Bertz CT molecular complexity index is 782. The molecule has 1 unspecified atom stereocenters. The zero-order valence-electron chi connectivity index (χ0n) is 18.4. The van der Waals surface area contributed by atoms with Crippen LogP contribution in [0.5, 0.6) is 0 Å². The van der Waals surface area contributed by atoms with Gasteiger partial charge in [0.25, 0.3) is 0 Å². The van der Waals surface area contributed by atoms with Gasteiger partial charge in [-0.15, -0.1) is 35.3 Å². The normalized spacial score (nSPS) is 16.2. The number of halogens is 1. The van der Waals surface area contributed by atoms with E-state index in [1.807, 2.05) is 13.0 Å². The predicted molar refractivity (Wildman–Crippen MR) is 133 cm³/mol. The van der Waals surface area contributed by atoms with Crippen LogP contribution in [-0.4, -0.2) is 61.8 Å². The number of ether oxygens (including phenoxy) is 1. The molecule has 2 aromatic rings. The van der Waals surface area contributed by atoms with Gasteiger partial charge in [0.1, 0.15) is 11.5 Å². The Morgan fingerprint density at radius 1 is 1.23 bits per heavy atom. The Labute approximate surface area is 200 Å². The predicted octanol–water partition coefficient (Wildman–Crippen LogP) is 3.45. The van der Waals surface area contributed by atoms with E-state index in [0.717, 1.165) is 69.0 Å². The molecule has 0 aliphatic carbocycles. The number of morpholine rings is 1. The molecule has 1 aliphatic rings. The van der Waals surface area contributed by atoms with Crippen molar-refractivity contribution in [2.45, 2.75) is 40.2 Å². The maximum atomic E-state index is 5.94. The van der Waals surface area contributed by atoms with Crippen LogP contribution in [0, 0.1) is 20.8 Å². The minimum atomic E-state index is 0. The molecule has 0 bridgehead atoms. The Morgan fingerprint density at radius 2 is 2.00 bits per heavy atom. The molecule has 9 heteroatoms. The summed E-state index contributed by atoms with van der Waals surface area (Å²) in [4.78, 5) is 13.2. The van der Waals surface area contributed by atoms with Crippen molar-refractivity contribution in [3.8, 4) is 0 Å². The summed E-state index contributed by atoms with van der Waals surface area (Å²) in [6, 6.07) is 4.21. The number of aliphatic imine (C=N–C) groups is 1. The van der Waals surface area contributed by atoms with Crippen LogP contribution >= 0.6 is 35.3 Å². The molecule has 2 aromatic heterocycles. The average molecular weight is 548 g/mol. The van der Waals surface area contributed by atoms with Crippen LogP contribution < -0.4 is 10.6 Å². The number of thiazole rings is 1. The van der Waals surface area contributed by atoms with Crippen LogP contribution in [0.1, 0.15) is 40.1 Å². The van der Waals surface area contributed by atoms with Crippen LogP contribution in [0.2, 0.25) is 0 Å². The topological polar surface area (TPSA) is 74.9 Å². The first-order valence-corrected chi connectivity index (χ1v) is 11.2. The van der Waals surface area contributed by atoms with Gasteiger partial charge in [-0.25, -0.2) is 4.98 Å². The van der Waals surface area contributed by atoms with E-state index in [1.165, 1.54) is 9.88 Å². The first-order chi connectivity index (χ1) is 14.1. The molecule has 0 radical (unpaired) electrons. The third kappa shape index (κ3) is 7.21. The highest BCUT2D eigenvalue weighted by Gasteiger charge is 2.25. The molecule has 0 saturated carbocycles. The Morgan fingerprint density at radius 3 is 2.60 bits per heavy atom. The Kier molecular flexibility index (Phi) is 10.6. The summed E-state index contributed by atoms with van der Waals surface area (Å²) in [5, 5.41) is 7.96. The third-order valence-corrected chi connectivity index (χ3v) is 6.18. The van der Waals surface area contributed by atoms with Gasteiger partial charge in [-0.2, -0.15) is 0 Å². The highest BCUT2D eigenvalue weighted by Crippen LogP contribution is 2.24. The lowest BCUT2D eigenvalue weighted by atomic mass is 10.1. The molecular formula is C21H34IN5O2S. The molecule has 1 aliphatic heterocycles. The summed E-state index contributed by atoms with van der Waals surface area (Å²) in [6.45, 7) is 13.8. The molecule has 30 heavy (non-hydrogen) atoms. The Balaban J connectivity index is 0.00000320. The molecule has 1 saturated heterocycles. The lowest BCUT2D eigenvalue weighted by molar-refractivity contribution is 0.0135. The summed E-state index contributed by atoms with van der Waals surface area (Å²) in [5.74, 6) is 2.73. The van der Waals surface area contributed by atoms with E-state index in [9.17, 15) is 0 Å². The second kappa shape index (κ2) is 12.6. The summed E-state index contributed by atoms with van der Waals surface area (Å²) in [5.41, 5.74) is 1.13. The van der Waals surface area contributed by atoms with Gasteiger partial charge in [0.2, 0.25) is 0 Å². The fourth-order valence-electron chi connectivity index (χ4n) is 3.36. The van der Waals surface area contributed by atoms with Gasteiger partial charge in [0.15, 0.2) is 5.96 Å². The zero-order valence-corrected chi connectivity index (χ0v) is 21.5. The first kappa shape index (κ1) is 25.1. The van der Waals surface area contributed by atoms with Crippen molar-refractivity contribution in [3.63, 3.8) is 0 Å². The lowest BCUT2D eigenvalue weighted by Gasteiger charge is -2.32.